The first kappa shape index (κ1) is 14.0. The van der Waals surface area contributed by atoms with Gasteiger partial charge in [-0.15, -0.1) is 0 Å². The van der Waals surface area contributed by atoms with Gasteiger partial charge in [-0.05, 0) is 24.0 Å². The van der Waals surface area contributed by atoms with Crippen LogP contribution in [0, 0.1) is 0 Å². The molecule has 2 fully saturated rings. The van der Waals surface area contributed by atoms with Crippen molar-refractivity contribution >= 4 is 0 Å². The third kappa shape index (κ3) is 2.57. The predicted octanol–water partition coefficient (Wildman–Crippen LogP) is 4.44. The zero-order valence-electron chi connectivity index (χ0n) is 12.8. The molecule has 0 radical (unpaired) electrons. The van der Waals surface area contributed by atoms with Crippen LogP contribution in [0.5, 0.6) is 0 Å². The topological polar surface area (TPSA) is 21.8 Å². The third-order valence-corrected chi connectivity index (χ3v) is 4.93. The first-order valence-corrected chi connectivity index (χ1v) is 8.27. The molecule has 2 nitrogen and oxygen atoms in total. The summed E-state index contributed by atoms with van der Waals surface area (Å²) in [6, 6.07) is 21.1. The Morgan fingerprint density at radius 1 is 0.955 bits per heavy atom. The van der Waals surface area contributed by atoms with Crippen LogP contribution in [-0.2, 0) is 21.7 Å². The van der Waals surface area contributed by atoms with Crippen molar-refractivity contribution in [3.63, 3.8) is 0 Å². The Hall–Kier alpha value is -1.64. The molecule has 0 unspecified atom stereocenters. The van der Waals surface area contributed by atoms with Crippen molar-refractivity contribution in [2.75, 3.05) is 0 Å². The normalized spacial score (nSPS) is 30.4. The molecule has 0 bridgehead atoms. The largest absolute Gasteiger partial charge is 0.371 e. The number of ether oxygens (including phenoxy) is 2. The van der Waals surface area contributed by atoms with Crippen LogP contribution in [0.15, 0.2) is 60.7 Å². The van der Waals surface area contributed by atoms with Gasteiger partial charge in [0.05, 0.1) is 12.7 Å². The summed E-state index contributed by atoms with van der Waals surface area (Å²) in [7, 11) is 0. The zero-order chi connectivity index (χ0) is 14.8. The molecule has 0 aromatic heterocycles. The number of benzene rings is 2. The van der Waals surface area contributed by atoms with Crippen LogP contribution in [0.3, 0.4) is 0 Å². The highest BCUT2D eigenvalue weighted by atomic mass is 16.6. The van der Waals surface area contributed by atoms with Crippen LogP contribution in [0.1, 0.15) is 36.8 Å². The van der Waals surface area contributed by atoms with E-state index < -0.39 is 0 Å². The van der Waals surface area contributed by atoms with Crippen molar-refractivity contribution in [3.05, 3.63) is 71.8 Å². The fourth-order valence-corrected chi connectivity index (χ4v) is 3.70. The molecule has 1 saturated carbocycles. The molecule has 2 aromatic carbocycles. The fraction of sp³-hybridized carbons (Fsp3) is 0.400. The molecule has 1 heterocycles. The Labute approximate surface area is 132 Å². The Morgan fingerprint density at radius 3 is 2.45 bits per heavy atom. The average molecular weight is 294 g/mol. The van der Waals surface area contributed by atoms with E-state index in [1.54, 1.807) is 0 Å². The molecule has 0 N–H and O–H groups in total. The quantitative estimate of drug-likeness (QED) is 0.778. The second-order valence-corrected chi connectivity index (χ2v) is 6.37. The summed E-state index contributed by atoms with van der Waals surface area (Å²) in [4.78, 5) is 0. The van der Waals surface area contributed by atoms with E-state index in [0.29, 0.717) is 6.61 Å². The summed E-state index contributed by atoms with van der Waals surface area (Å²) in [5.74, 6) is 0. The molecule has 114 valence electrons. The minimum atomic E-state index is -0.0842. The highest BCUT2D eigenvalue weighted by Crippen LogP contribution is 2.54. The Kier molecular flexibility index (Phi) is 3.73. The molecule has 1 saturated heterocycles. The van der Waals surface area contributed by atoms with Gasteiger partial charge in [-0.25, -0.2) is 0 Å². The van der Waals surface area contributed by atoms with Gasteiger partial charge in [-0.1, -0.05) is 73.5 Å². The van der Waals surface area contributed by atoms with Crippen LogP contribution in [0.25, 0.3) is 0 Å². The van der Waals surface area contributed by atoms with Gasteiger partial charge in [0.15, 0.2) is 0 Å². The van der Waals surface area contributed by atoms with E-state index in [-0.39, 0.29) is 17.8 Å². The van der Waals surface area contributed by atoms with Gasteiger partial charge in [0, 0.05) is 0 Å². The Morgan fingerprint density at radius 2 is 1.68 bits per heavy atom. The number of fused-ring (bicyclic) bond motifs is 1. The second kappa shape index (κ2) is 5.86. The van der Waals surface area contributed by atoms with Gasteiger partial charge in [-0.3, -0.25) is 0 Å². The third-order valence-electron chi connectivity index (χ3n) is 4.93. The lowest BCUT2D eigenvalue weighted by Crippen LogP contribution is -2.24. The molecule has 1 aliphatic carbocycles. The van der Waals surface area contributed by atoms with Crippen LogP contribution < -0.4 is 0 Å². The predicted molar refractivity (Wildman–Crippen MR) is 86.5 cm³/mol. The van der Waals surface area contributed by atoms with Crippen LogP contribution in [-0.4, -0.2) is 12.2 Å². The molecular formula is C20H22O2. The van der Waals surface area contributed by atoms with Crippen LogP contribution in [0.4, 0.5) is 0 Å². The molecule has 0 spiro atoms. The van der Waals surface area contributed by atoms with Gasteiger partial charge in [-0.2, -0.15) is 0 Å². The number of epoxide rings is 1. The van der Waals surface area contributed by atoms with E-state index in [1.807, 2.05) is 6.07 Å². The number of hydrogen-bond donors (Lipinski definition) is 0. The maximum Gasteiger partial charge on any atom is 0.122 e. The Bertz CT molecular complexity index is 610. The van der Waals surface area contributed by atoms with Gasteiger partial charge in [0.2, 0.25) is 0 Å². The number of rotatable bonds is 4. The molecule has 4 rings (SSSR count). The zero-order valence-corrected chi connectivity index (χ0v) is 12.8. The summed E-state index contributed by atoms with van der Waals surface area (Å²) in [5.41, 5.74) is 2.46. The summed E-state index contributed by atoms with van der Waals surface area (Å²) in [5, 5.41) is 0. The molecule has 0 amide bonds. The highest BCUT2D eigenvalue weighted by Gasteiger charge is 2.61. The summed E-state index contributed by atoms with van der Waals surface area (Å²) in [6.45, 7) is 0.677. The van der Waals surface area contributed by atoms with Gasteiger partial charge in [0.1, 0.15) is 11.7 Å². The van der Waals surface area contributed by atoms with E-state index >= 15 is 0 Å². The Balaban J connectivity index is 1.48. The number of hydrogen-bond acceptors (Lipinski definition) is 2. The molecule has 22 heavy (non-hydrogen) atoms. The summed E-state index contributed by atoms with van der Waals surface area (Å²) >= 11 is 0. The maximum absolute atomic E-state index is 6.22. The monoisotopic (exact) mass is 294 g/mol. The maximum atomic E-state index is 6.22. The lowest BCUT2D eigenvalue weighted by atomic mass is 9.90. The minimum absolute atomic E-state index is 0.0842. The van der Waals surface area contributed by atoms with E-state index in [2.05, 4.69) is 54.6 Å². The first-order valence-electron chi connectivity index (χ1n) is 8.27. The van der Waals surface area contributed by atoms with E-state index in [1.165, 1.54) is 24.0 Å². The smallest absolute Gasteiger partial charge is 0.122 e. The van der Waals surface area contributed by atoms with Crippen molar-refractivity contribution < 1.29 is 9.47 Å². The lowest BCUT2D eigenvalue weighted by Gasteiger charge is -2.16. The molecular weight excluding hydrogens is 272 g/mol. The van der Waals surface area contributed by atoms with Crippen LogP contribution >= 0.6 is 0 Å². The first-order chi connectivity index (χ1) is 10.9. The SMILES string of the molecule is c1ccc(CO[C@@H]2CCCC[C@]3(c4ccccc4)O[C@H]23)cc1. The average Bonchev–Trinajstić information content (AvgIpc) is 3.32. The summed E-state index contributed by atoms with van der Waals surface area (Å²) < 4.78 is 12.4. The standard InChI is InChI=1S/C20H22O2/c1-3-9-16(10-4-1)15-21-18-13-7-8-14-20(19(18)22-20)17-11-5-2-6-12-17/h1-6,9-12,18-19H,7-8,13-15H2/t18-,19-,20-/m1/s1. The molecule has 2 aromatic rings. The van der Waals surface area contributed by atoms with Gasteiger partial charge in [0.25, 0.3) is 0 Å². The van der Waals surface area contributed by atoms with Crippen molar-refractivity contribution in [2.24, 2.45) is 0 Å². The summed E-state index contributed by atoms with van der Waals surface area (Å²) in [6.07, 6.45) is 5.10. The highest BCUT2D eigenvalue weighted by molar-refractivity contribution is 5.30. The van der Waals surface area contributed by atoms with Crippen molar-refractivity contribution in [1.82, 2.24) is 0 Å². The van der Waals surface area contributed by atoms with Crippen molar-refractivity contribution in [3.8, 4) is 0 Å². The molecule has 3 atom stereocenters. The van der Waals surface area contributed by atoms with E-state index in [0.717, 1.165) is 12.8 Å². The van der Waals surface area contributed by atoms with Crippen molar-refractivity contribution in [1.29, 1.82) is 0 Å². The van der Waals surface area contributed by atoms with E-state index in [4.69, 9.17) is 9.47 Å². The fourth-order valence-electron chi connectivity index (χ4n) is 3.70. The molecule has 2 heteroatoms. The van der Waals surface area contributed by atoms with E-state index in [9.17, 15) is 0 Å². The molecule has 2 aliphatic rings. The van der Waals surface area contributed by atoms with Crippen molar-refractivity contribution in [2.45, 2.75) is 50.1 Å². The van der Waals surface area contributed by atoms with Crippen LogP contribution in [0.2, 0.25) is 0 Å². The molecule has 1 aliphatic heterocycles. The second-order valence-electron chi connectivity index (χ2n) is 6.37. The van der Waals surface area contributed by atoms with Gasteiger partial charge >= 0.3 is 0 Å². The minimum Gasteiger partial charge on any atom is -0.371 e. The van der Waals surface area contributed by atoms with Gasteiger partial charge < -0.3 is 9.47 Å². The lowest BCUT2D eigenvalue weighted by molar-refractivity contribution is 0.0152.